The van der Waals surface area contributed by atoms with Crippen molar-refractivity contribution in [3.8, 4) is 0 Å². The lowest BCUT2D eigenvalue weighted by molar-refractivity contribution is 0.0783. The topological polar surface area (TPSA) is 59.2 Å². The van der Waals surface area contributed by atoms with Crippen LogP contribution in [0.25, 0.3) is 0 Å². The Hall–Kier alpha value is -1.10. The van der Waals surface area contributed by atoms with Gasteiger partial charge in [0.1, 0.15) is 4.88 Å². The second-order valence-corrected chi connectivity index (χ2v) is 5.08. The van der Waals surface area contributed by atoms with Crippen LogP contribution in [0.15, 0.2) is 0 Å². The van der Waals surface area contributed by atoms with Crippen LogP contribution in [0.2, 0.25) is 0 Å². The molecule has 2 N–H and O–H groups in total. The van der Waals surface area contributed by atoms with Crippen LogP contribution in [0, 0.1) is 12.8 Å². The maximum absolute atomic E-state index is 12.0. The Morgan fingerprint density at radius 3 is 2.60 bits per heavy atom. The number of nitrogens with zero attached hydrogens (tertiary/aromatic N) is 2. The maximum Gasteiger partial charge on any atom is 0.265 e. The summed E-state index contributed by atoms with van der Waals surface area (Å²) in [6, 6.07) is 0. The van der Waals surface area contributed by atoms with Gasteiger partial charge in [-0.15, -0.1) is 0 Å². The lowest BCUT2D eigenvalue weighted by Gasteiger charge is -2.18. The van der Waals surface area contributed by atoms with Crippen molar-refractivity contribution in [2.75, 3.05) is 19.3 Å². The zero-order valence-electron chi connectivity index (χ0n) is 9.57. The Bertz CT molecular complexity index is 360. The molecule has 1 amide bonds. The normalized spacial score (nSPS) is 10.7. The molecule has 0 aliphatic rings. The number of aromatic nitrogens is 1. The van der Waals surface area contributed by atoms with Crippen molar-refractivity contribution in [1.82, 2.24) is 9.88 Å². The number of carbonyl (C=O) groups is 1. The molecule has 0 saturated carbocycles. The van der Waals surface area contributed by atoms with Gasteiger partial charge in [-0.05, 0) is 12.8 Å². The molecule has 1 heterocycles. The molecule has 0 radical (unpaired) electrons. The third-order valence-corrected chi connectivity index (χ3v) is 2.97. The summed E-state index contributed by atoms with van der Waals surface area (Å²) in [6.45, 7) is 6.72. The highest BCUT2D eigenvalue weighted by atomic mass is 32.1. The molecule has 0 aliphatic heterocycles. The van der Waals surface area contributed by atoms with E-state index in [1.807, 2.05) is 6.92 Å². The highest BCUT2D eigenvalue weighted by molar-refractivity contribution is 7.17. The van der Waals surface area contributed by atoms with Gasteiger partial charge < -0.3 is 10.6 Å². The first-order valence-electron chi connectivity index (χ1n) is 4.90. The van der Waals surface area contributed by atoms with Gasteiger partial charge >= 0.3 is 0 Å². The van der Waals surface area contributed by atoms with Gasteiger partial charge in [-0.1, -0.05) is 25.2 Å². The highest BCUT2D eigenvalue weighted by Gasteiger charge is 2.18. The smallest absolute Gasteiger partial charge is 0.265 e. The summed E-state index contributed by atoms with van der Waals surface area (Å²) in [5.74, 6) is 0.472. The standard InChI is InChI=1S/C10H17N3OS/c1-6(2)5-13(4)9(14)8-7(3)12-10(11)15-8/h6H,5H2,1-4H3,(H2,11,12). The molecule has 4 nitrogen and oxygen atoms in total. The van der Waals surface area contributed by atoms with E-state index in [-0.39, 0.29) is 5.91 Å². The molecule has 0 unspecified atom stereocenters. The number of anilines is 1. The first kappa shape index (κ1) is 12.0. The Morgan fingerprint density at radius 1 is 1.60 bits per heavy atom. The Morgan fingerprint density at radius 2 is 2.20 bits per heavy atom. The largest absolute Gasteiger partial charge is 0.375 e. The first-order valence-corrected chi connectivity index (χ1v) is 5.71. The van der Waals surface area contributed by atoms with E-state index in [9.17, 15) is 4.79 Å². The quantitative estimate of drug-likeness (QED) is 0.856. The molecule has 0 fully saturated rings. The summed E-state index contributed by atoms with van der Waals surface area (Å²) in [5.41, 5.74) is 6.28. The van der Waals surface area contributed by atoms with Crippen molar-refractivity contribution in [2.24, 2.45) is 5.92 Å². The summed E-state index contributed by atoms with van der Waals surface area (Å²) in [5, 5.41) is 0.453. The molecule has 15 heavy (non-hydrogen) atoms. The van der Waals surface area contributed by atoms with Crippen molar-refractivity contribution in [3.63, 3.8) is 0 Å². The SMILES string of the molecule is Cc1nc(N)sc1C(=O)N(C)CC(C)C. The lowest BCUT2D eigenvalue weighted by Crippen LogP contribution is -2.30. The van der Waals surface area contributed by atoms with Gasteiger partial charge in [-0.2, -0.15) is 0 Å². The number of nitrogen functional groups attached to an aromatic ring is 1. The van der Waals surface area contributed by atoms with Gasteiger partial charge in [0.05, 0.1) is 5.69 Å². The van der Waals surface area contributed by atoms with Crippen LogP contribution < -0.4 is 5.73 Å². The van der Waals surface area contributed by atoms with E-state index in [2.05, 4.69) is 18.8 Å². The number of hydrogen-bond acceptors (Lipinski definition) is 4. The fraction of sp³-hybridized carbons (Fsp3) is 0.600. The molecule has 1 rings (SSSR count). The molecule has 1 aromatic rings. The predicted octanol–water partition coefficient (Wildman–Crippen LogP) is 1.76. The van der Waals surface area contributed by atoms with Crippen molar-refractivity contribution in [3.05, 3.63) is 10.6 Å². The van der Waals surface area contributed by atoms with E-state index >= 15 is 0 Å². The van der Waals surface area contributed by atoms with Crippen LogP contribution in [0.4, 0.5) is 5.13 Å². The van der Waals surface area contributed by atoms with Crippen molar-refractivity contribution >= 4 is 22.4 Å². The van der Waals surface area contributed by atoms with E-state index in [1.54, 1.807) is 11.9 Å². The van der Waals surface area contributed by atoms with E-state index in [1.165, 1.54) is 11.3 Å². The van der Waals surface area contributed by atoms with Crippen LogP contribution >= 0.6 is 11.3 Å². The fourth-order valence-corrected chi connectivity index (χ4v) is 2.25. The first-order chi connectivity index (χ1) is 6.91. The summed E-state index contributed by atoms with van der Waals surface area (Å²) in [4.78, 5) is 18.4. The van der Waals surface area contributed by atoms with E-state index in [0.29, 0.717) is 15.9 Å². The van der Waals surface area contributed by atoms with E-state index in [0.717, 1.165) is 12.2 Å². The van der Waals surface area contributed by atoms with Crippen LogP contribution in [0.3, 0.4) is 0 Å². The molecular weight excluding hydrogens is 210 g/mol. The summed E-state index contributed by atoms with van der Waals surface area (Å²) in [6.07, 6.45) is 0. The Balaban J connectivity index is 2.80. The number of aryl methyl sites for hydroxylation is 1. The maximum atomic E-state index is 12.0. The van der Waals surface area contributed by atoms with Crippen LogP contribution in [-0.2, 0) is 0 Å². The fourth-order valence-electron chi connectivity index (χ4n) is 1.42. The van der Waals surface area contributed by atoms with Crippen LogP contribution in [0.5, 0.6) is 0 Å². The second-order valence-electron chi connectivity index (χ2n) is 4.05. The summed E-state index contributed by atoms with van der Waals surface area (Å²) >= 11 is 1.25. The minimum atomic E-state index is 0.00963. The molecule has 0 bridgehead atoms. The Labute approximate surface area is 94.1 Å². The molecule has 0 aromatic carbocycles. The molecule has 84 valence electrons. The molecule has 0 atom stereocenters. The second kappa shape index (κ2) is 4.61. The monoisotopic (exact) mass is 227 g/mol. The minimum Gasteiger partial charge on any atom is -0.375 e. The number of carbonyl (C=O) groups excluding carboxylic acids is 1. The van der Waals surface area contributed by atoms with Crippen LogP contribution in [-0.4, -0.2) is 29.4 Å². The number of thiazole rings is 1. The Kier molecular flexibility index (Phi) is 3.68. The average molecular weight is 227 g/mol. The third kappa shape index (κ3) is 2.92. The average Bonchev–Trinajstić information content (AvgIpc) is 2.42. The lowest BCUT2D eigenvalue weighted by atomic mass is 10.2. The summed E-state index contributed by atoms with van der Waals surface area (Å²) < 4.78 is 0. The molecule has 0 spiro atoms. The number of hydrogen-bond donors (Lipinski definition) is 1. The number of nitrogens with two attached hydrogens (primary N) is 1. The molecular formula is C10H17N3OS. The van der Waals surface area contributed by atoms with E-state index in [4.69, 9.17) is 5.73 Å². The highest BCUT2D eigenvalue weighted by Crippen LogP contribution is 2.21. The molecule has 0 aliphatic carbocycles. The third-order valence-electron chi connectivity index (χ3n) is 1.99. The zero-order valence-corrected chi connectivity index (χ0v) is 10.4. The van der Waals surface area contributed by atoms with Gasteiger partial charge in [-0.3, -0.25) is 4.79 Å². The summed E-state index contributed by atoms with van der Waals surface area (Å²) in [7, 11) is 1.80. The molecule has 5 heteroatoms. The number of rotatable bonds is 3. The van der Waals surface area contributed by atoms with Crippen molar-refractivity contribution in [2.45, 2.75) is 20.8 Å². The zero-order chi connectivity index (χ0) is 11.6. The van der Waals surface area contributed by atoms with Gasteiger partial charge in [0, 0.05) is 13.6 Å². The van der Waals surface area contributed by atoms with Gasteiger partial charge in [0.25, 0.3) is 5.91 Å². The van der Waals surface area contributed by atoms with Gasteiger partial charge in [0.2, 0.25) is 0 Å². The van der Waals surface area contributed by atoms with E-state index < -0.39 is 0 Å². The molecule has 1 aromatic heterocycles. The van der Waals surface area contributed by atoms with Crippen molar-refractivity contribution in [1.29, 1.82) is 0 Å². The van der Waals surface area contributed by atoms with Crippen LogP contribution in [0.1, 0.15) is 29.2 Å². The van der Waals surface area contributed by atoms with Gasteiger partial charge in [-0.25, -0.2) is 4.98 Å². The predicted molar refractivity (Wildman–Crippen MR) is 63.1 cm³/mol. The molecule has 0 saturated heterocycles. The number of amides is 1. The minimum absolute atomic E-state index is 0.00963. The van der Waals surface area contributed by atoms with Crippen molar-refractivity contribution < 1.29 is 4.79 Å². The van der Waals surface area contributed by atoms with Gasteiger partial charge in [0.15, 0.2) is 5.13 Å².